The van der Waals surface area contributed by atoms with Crippen molar-refractivity contribution in [3.05, 3.63) is 83.7 Å². The molecular weight excluding hydrogens is 369 g/mol. The molecule has 1 aromatic carbocycles. The first kappa shape index (κ1) is 18.0. The Morgan fingerprint density at radius 1 is 1.10 bits per heavy atom. The molecule has 0 spiro atoms. The Bertz CT molecular complexity index is 993. The van der Waals surface area contributed by atoms with Crippen LogP contribution in [0.15, 0.2) is 60.9 Å². The maximum absolute atomic E-state index is 14.0. The molecule has 2 saturated heterocycles. The molecule has 2 aliphatic heterocycles. The van der Waals surface area contributed by atoms with E-state index in [1.54, 1.807) is 36.7 Å². The van der Waals surface area contributed by atoms with E-state index in [-0.39, 0.29) is 23.7 Å². The van der Waals surface area contributed by atoms with E-state index in [0.29, 0.717) is 18.2 Å². The fourth-order valence-electron chi connectivity index (χ4n) is 4.84. The molecule has 0 saturated carbocycles. The van der Waals surface area contributed by atoms with Gasteiger partial charge in [-0.3, -0.25) is 19.8 Å². The average molecular weight is 391 g/mol. The first-order valence-electron chi connectivity index (χ1n) is 9.87. The Balaban J connectivity index is 1.44. The molecule has 1 N–H and O–H groups in total. The van der Waals surface area contributed by atoms with Crippen molar-refractivity contribution >= 4 is 5.91 Å². The lowest BCUT2D eigenvalue weighted by atomic mass is 9.89. The maximum Gasteiger partial charge on any atom is 0.272 e. The van der Waals surface area contributed by atoms with Gasteiger partial charge in [0, 0.05) is 50.2 Å². The third kappa shape index (κ3) is 3.42. The highest BCUT2D eigenvalue weighted by Gasteiger charge is 2.49. The summed E-state index contributed by atoms with van der Waals surface area (Å²) in [6.07, 6.45) is 3.39. The SMILES string of the molecule is O=C(c1ccccn1)N1C[C@@H]2CN(Cc3ccn[nH]3)C[C@@H]2[C@H]1c1cccc(F)c1. The summed E-state index contributed by atoms with van der Waals surface area (Å²) < 4.78 is 14.0. The smallest absolute Gasteiger partial charge is 0.272 e. The van der Waals surface area contributed by atoms with Crippen LogP contribution in [0.2, 0.25) is 0 Å². The molecule has 0 radical (unpaired) electrons. The van der Waals surface area contributed by atoms with Gasteiger partial charge in [0.1, 0.15) is 11.5 Å². The topological polar surface area (TPSA) is 65.1 Å². The number of fused-ring (bicyclic) bond motifs is 1. The van der Waals surface area contributed by atoms with Crippen LogP contribution in [0.4, 0.5) is 4.39 Å². The normalized spacial score (nSPS) is 24.0. The van der Waals surface area contributed by atoms with Crippen molar-refractivity contribution in [3.63, 3.8) is 0 Å². The Labute approximate surface area is 168 Å². The lowest BCUT2D eigenvalue weighted by molar-refractivity contribution is 0.0693. The van der Waals surface area contributed by atoms with E-state index in [0.717, 1.165) is 30.9 Å². The van der Waals surface area contributed by atoms with Crippen molar-refractivity contribution < 1.29 is 9.18 Å². The van der Waals surface area contributed by atoms with Crippen molar-refractivity contribution in [2.45, 2.75) is 12.6 Å². The van der Waals surface area contributed by atoms with Crippen molar-refractivity contribution in [1.82, 2.24) is 25.0 Å². The highest BCUT2D eigenvalue weighted by atomic mass is 19.1. The molecule has 6 nitrogen and oxygen atoms in total. The van der Waals surface area contributed by atoms with Crippen LogP contribution >= 0.6 is 0 Å². The van der Waals surface area contributed by atoms with Gasteiger partial charge in [0.05, 0.1) is 6.04 Å². The van der Waals surface area contributed by atoms with E-state index in [4.69, 9.17) is 0 Å². The first-order valence-corrected chi connectivity index (χ1v) is 9.87. The summed E-state index contributed by atoms with van der Waals surface area (Å²) in [5, 5.41) is 7.04. The number of carbonyl (C=O) groups is 1. The van der Waals surface area contributed by atoms with E-state index < -0.39 is 0 Å². The van der Waals surface area contributed by atoms with Gasteiger partial charge in [-0.1, -0.05) is 18.2 Å². The molecule has 2 fully saturated rings. The van der Waals surface area contributed by atoms with Crippen LogP contribution in [0.3, 0.4) is 0 Å². The average Bonchev–Trinajstić information content (AvgIpc) is 3.45. The maximum atomic E-state index is 14.0. The molecule has 148 valence electrons. The molecule has 0 unspecified atom stereocenters. The minimum atomic E-state index is -0.275. The molecule has 1 amide bonds. The summed E-state index contributed by atoms with van der Waals surface area (Å²) >= 11 is 0. The van der Waals surface area contributed by atoms with Gasteiger partial charge in [0.25, 0.3) is 5.91 Å². The number of aromatic nitrogens is 3. The van der Waals surface area contributed by atoms with Gasteiger partial charge in [0.15, 0.2) is 0 Å². The van der Waals surface area contributed by atoms with Crippen molar-refractivity contribution in [2.24, 2.45) is 11.8 Å². The molecule has 0 aliphatic carbocycles. The van der Waals surface area contributed by atoms with E-state index in [1.165, 1.54) is 6.07 Å². The van der Waals surface area contributed by atoms with Gasteiger partial charge >= 0.3 is 0 Å². The second kappa shape index (κ2) is 7.40. The molecular formula is C22H22FN5O. The number of benzene rings is 1. The molecule has 3 atom stereocenters. The fourth-order valence-corrected chi connectivity index (χ4v) is 4.84. The number of carbonyl (C=O) groups excluding carboxylic acids is 1. The molecule has 4 heterocycles. The summed E-state index contributed by atoms with van der Waals surface area (Å²) in [6.45, 7) is 3.22. The zero-order valence-corrected chi connectivity index (χ0v) is 15.9. The zero-order chi connectivity index (χ0) is 19.8. The third-order valence-corrected chi connectivity index (χ3v) is 6.03. The number of amides is 1. The van der Waals surface area contributed by atoms with Crippen LogP contribution in [0, 0.1) is 17.7 Å². The number of nitrogens with one attached hydrogen (secondary N) is 1. The summed E-state index contributed by atoms with van der Waals surface area (Å²) in [5.74, 6) is 0.240. The summed E-state index contributed by atoms with van der Waals surface area (Å²) in [7, 11) is 0. The third-order valence-electron chi connectivity index (χ3n) is 6.03. The second-order valence-electron chi connectivity index (χ2n) is 7.87. The Morgan fingerprint density at radius 2 is 2.03 bits per heavy atom. The molecule has 3 aromatic rings. The number of rotatable bonds is 4. The molecule has 0 bridgehead atoms. The van der Waals surface area contributed by atoms with Crippen LogP contribution in [-0.4, -0.2) is 50.5 Å². The largest absolute Gasteiger partial charge is 0.330 e. The lowest BCUT2D eigenvalue weighted by Gasteiger charge is -2.29. The van der Waals surface area contributed by atoms with Crippen LogP contribution < -0.4 is 0 Å². The van der Waals surface area contributed by atoms with Crippen molar-refractivity contribution in [3.8, 4) is 0 Å². The number of hydrogen-bond donors (Lipinski definition) is 1. The van der Waals surface area contributed by atoms with Gasteiger partial charge in [-0.2, -0.15) is 5.10 Å². The van der Waals surface area contributed by atoms with E-state index in [1.807, 2.05) is 23.1 Å². The van der Waals surface area contributed by atoms with Gasteiger partial charge in [-0.05, 0) is 41.8 Å². The number of H-pyrrole nitrogens is 1. The first-order chi connectivity index (χ1) is 14.2. The number of nitrogens with zero attached hydrogens (tertiary/aromatic N) is 4. The molecule has 5 rings (SSSR count). The summed E-state index contributed by atoms with van der Waals surface area (Å²) in [5.41, 5.74) is 2.36. The van der Waals surface area contributed by atoms with E-state index in [2.05, 4.69) is 20.1 Å². The summed E-state index contributed by atoms with van der Waals surface area (Å²) in [6, 6.07) is 13.8. The molecule has 29 heavy (non-hydrogen) atoms. The van der Waals surface area contributed by atoms with Crippen molar-refractivity contribution in [1.29, 1.82) is 0 Å². The Hall–Kier alpha value is -3.06. The van der Waals surface area contributed by atoms with E-state index in [9.17, 15) is 9.18 Å². The zero-order valence-electron chi connectivity index (χ0n) is 15.9. The Kier molecular flexibility index (Phi) is 4.60. The lowest BCUT2D eigenvalue weighted by Crippen LogP contribution is -2.36. The van der Waals surface area contributed by atoms with Gasteiger partial charge < -0.3 is 4.90 Å². The van der Waals surface area contributed by atoms with Crippen molar-refractivity contribution in [2.75, 3.05) is 19.6 Å². The number of halogens is 1. The quantitative estimate of drug-likeness (QED) is 0.743. The second-order valence-corrected chi connectivity index (χ2v) is 7.87. The van der Waals surface area contributed by atoms with Gasteiger partial charge in [0.2, 0.25) is 0 Å². The van der Waals surface area contributed by atoms with Crippen LogP contribution in [0.25, 0.3) is 0 Å². The predicted molar refractivity (Wildman–Crippen MR) is 105 cm³/mol. The minimum Gasteiger partial charge on any atom is -0.330 e. The van der Waals surface area contributed by atoms with Crippen LogP contribution in [-0.2, 0) is 6.54 Å². The van der Waals surface area contributed by atoms with Crippen LogP contribution in [0.1, 0.15) is 27.8 Å². The molecule has 7 heteroatoms. The number of pyridine rings is 1. The standard InChI is InChI=1S/C22H22FN5O/c23-17-5-3-4-15(10-17)21-19-14-27(13-18-7-9-25-26-18)11-16(19)12-28(21)22(29)20-6-1-2-8-24-20/h1-10,16,19,21H,11-14H2,(H,25,26)/t16-,19-,21+/m0/s1. The van der Waals surface area contributed by atoms with Gasteiger partial charge in [-0.15, -0.1) is 0 Å². The monoisotopic (exact) mass is 391 g/mol. The van der Waals surface area contributed by atoms with Crippen LogP contribution in [0.5, 0.6) is 0 Å². The predicted octanol–water partition coefficient (Wildman–Crippen LogP) is 2.89. The van der Waals surface area contributed by atoms with E-state index >= 15 is 0 Å². The molecule has 2 aliphatic rings. The highest BCUT2D eigenvalue weighted by molar-refractivity contribution is 5.92. The van der Waals surface area contributed by atoms with Gasteiger partial charge in [-0.25, -0.2) is 4.39 Å². The highest BCUT2D eigenvalue weighted by Crippen LogP contribution is 2.45. The number of aromatic amines is 1. The number of hydrogen-bond acceptors (Lipinski definition) is 4. The molecule has 2 aromatic heterocycles. The fraction of sp³-hybridized carbons (Fsp3) is 0.318. The number of likely N-dealkylation sites (tertiary alicyclic amines) is 2. The summed E-state index contributed by atoms with van der Waals surface area (Å²) in [4.78, 5) is 21.7. The minimum absolute atomic E-state index is 0.0885. The Morgan fingerprint density at radius 3 is 2.79 bits per heavy atom.